The van der Waals surface area contributed by atoms with E-state index < -0.39 is 6.04 Å². The minimum absolute atomic E-state index is 0.0165. The van der Waals surface area contributed by atoms with E-state index in [1.54, 1.807) is 11.8 Å². The molecule has 2 amide bonds. The van der Waals surface area contributed by atoms with E-state index in [9.17, 15) is 9.59 Å². The average Bonchev–Trinajstić information content (AvgIpc) is 2.43. The zero-order valence-electron chi connectivity index (χ0n) is 10.7. The third-order valence-corrected chi connectivity index (χ3v) is 3.24. The van der Waals surface area contributed by atoms with Crippen LogP contribution in [-0.2, 0) is 16.1 Å². The van der Waals surface area contributed by atoms with Gasteiger partial charge in [0.1, 0.15) is 6.04 Å². The van der Waals surface area contributed by atoms with Crippen LogP contribution in [0.25, 0.3) is 0 Å². The number of amides is 2. The van der Waals surface area contributed by atoms with Gasteiger partial charge in [0.2, 0.25) is 11.8 Å². The first-order valence-corrected chi connectivity index (χ1v) is 6.21. The van der Waals surface area contributed by atoms with Gasteiger partial charge in [0.05, 0.1) is 0 Å². The molecular weight excluding hydrogens is 228 g/mol. The van der Waals surface area contributed by atoms with Crippen molar-refractivity contribution in [3.63, 3.8) is 0 Å². The Hall–Kier alpha value is -1.84. The first-order valence-electron chi connectivity index (χ1n) is 6.21. The molecule has 1 saturated heterocycles. The van der Waals surface area contributed by atoms with E-state index in [1.165, 1.54) is 0 Å². The van der Waals surface area contributed by atoms with Crippen molar-refractivity contribution in [1.82, 2.24) is 10.2 Å². The second-order valence-corrected chi connectivity index (χ2v) is 4.79. The highest BCUT2D eigenvalue weighted by atomic mass is 16.2. The van der Waals surface area contributed by atoms with Gasteiger partial charge in [0.25, 0.3) is 0 Å². The molecule has 0 spiro atoms. The topological polar surface area (TPSA) is 49.4 Å². The lowest BCUT2D eigenvalue weighted by atomic mass is 10.1. The second kappa shape index (κ2) is 5.21. The van der Waals surface area contributed by atoms with Crippen LogP contribution in [0.2, 0.25) is 0 Å². The van der Waals surface area contributed by atoms with Crippen molar-refractivity contribution >= 4 is 11.8 Å². The lowest BCUT2D eigenvalue weighted by molar-refractivity contribution is -0.135. The molecule has 4 nitrogen and oxygen atoms in total. The van der Waals surface area contributed by atoms with Crippen molar-refractivity contribution in [3.05, 3.63) is 35.9 Å². The third kappa shape index (κ3) is 2.70. The Morgan fingerprint density at radius 3 is 2.56 bits per heavy atom. The zero-order valence-corrected chi connectivity index (χ0v) is 10.7. The van der Waals surface area contributed by atoms with E-state index in [0.717, 1.165) is 5.56 Å². The van der Waals surface area contributed by atoms with Gasteiger partial charge < -0.3 is 10.2 Å². The summed E-state index contributed by atoms with van der Waals surface area (Å²) < 4.78 is 0. The maximum Gasteiger partial charge on any atom is 0.245 e. The third-order valence-electron chi connectivity index (χ3n) is 3.24. The summed E-state index contributed by atoms with van der Waals surface area (Å²) >= 11 is 0. The summed E-state index contributed by atoms with van der Waals surface area (Å²) in [6.07, 6.45) is 0.364. The van der Waals surface area contributed by atoms with Gasteiger partial charge in [-0.05, 0) is 19.4 Å². The molecule has 18 heavy (non-hydrogen) atoms. The summed E-state index contributed by atoms with van der Waals surface area (Å²) in [6, 6.07) is 9.33. The molecule has 0 aromatic heterocycles. The molecule has 1 N–H and O–H groups in total. The van der Waals surface area contributed by atoms with Crippen LogP contribution in [0.1, 0.15) is 25.8 Å². The summed E-state index contributed by atoms with van der Waals surface area (Å²) in [5.74, 6) is -0.0730. The van der Waals surface area contributed by atoms with Gasteiger partial charge in [-0.25, -0.2) is 0 Å². The Kier molecular flexibility index (Phi) is 3.65. The highest BCUT2D eigenvalue weighted by molar-refractivity contribution is 5.90. The summed E-state index contributed by atoms with van der Waals surface area (Å²) in [5, 5.41) is 2.71. The van der Waals surface area contributed by atoms with Gasteiger partial charge in [-0.2, -0.15) is 0 Å². The summed E-state index contributed by atoms with van der Waals surface area (Å²) in [4.78, 5) is 25.5. The van der Waals surface area contributed by atoms with Crippen LogP contribution in [0.5, 0.6) is 0 Å². The van der Waals surface area contributed by atoms with Crippen molar-refractivity contribution in [1.29, 1.82) is 0 Å². The Morgan fingerprint density at radius 1 is 1.22 bits per heavy atom. The van der Waals surface area contributed by atoms with Gasteiger partial charge in [-0.3, -0.25) is 9.59 Å². The predicted octanol–water partition coefficient (Wildman–Crippen LogP) is 1.31. The minimum Gasteiger partial charge on any atom is -0.345 e. The fraction of sp³-hybridized carbons (Fsp3) is 0.429. The van der Waals surface area contributed by atoms with Gasteiger partial charge in [-0.15, -0.1) is 0 Å². The first-order chi connectivity index (χ1) is 8.58. The highest BCUT2D eigenvalue weighted by Gasteiger charge is 2.31. The number of rotatable bonds is 2. The number of carbonyl (C=O) groups excluding carboxylic acids is 2. The lowest BCUT2D eigenvalue weighted by Crippen LogP contribution is -2.44. The maximum atomic E-state index is 12.2. The van der Waals surface area contributed by atoms with E-state index in [0.29, 0.717) is 13.0 Å². The Morgan fingerprint density at radius 2 is 1.89 bits per heavy atom. The molecule has 0 saturated carbocycles. The van der Waals surface area contributed by atoms with E-state index in [-0.39, 0.29) is 17.9 Å². The van der Waals surface area contributed by atoms with Crippen molar-refractivity contribution in [2.45, 2.75) is 38.9 Å². The van der Waals surface area contributed by atoms with Crippen LogP contribution in [0.15, 0.2) is 30.3 Å². The van der Waals surface area contributed by atoms with Gasteiger partial charge in [0.15, 0.2) is 0 Å². The average molecular weight is 246 g/mol. The number of nitrogens with one attached hydrogen (secondary N) is 1. The SMILES string of the molecule is CC1NC(=O)CC(C)N(Cc2ccccc2)C1=O. The van der Waals surface area contributed by atoms with Crippen molar-refractivity contribution < 1.29 is 9.59 Å². The molecule has 0 aliphatic carbocycles. The molecule has 2 rings (SSSR count). The molecule has 1 aromatic carbocycles. The molecule has 1 fully saturated rings. The summed E-state index contributed by atoms with van der Waals surface area (Å²) in [6.45, 7) is 4.20. The number of carbonyl (C=O) groups is 2. The predicted molar refractivity (Wildman–Crippen MR) is 68.7 cm³/mol. The Labute approximate surface area is 107 Å². The Bertz CT molecular complexity index is 444. The number of hydrogen-bond donors (Lipinski definition) is 1. The van der Waals surface area contributed by atoms with Crippen LogP contribution in [0.4, 0.5) is 0 Å². The van der Waals surface area contributed by atoms with E-state index in [1.807, 2.05) is 37.3 Å². The largest absolute Gasteiger partial charge is 0.345 e. The minimum atomic E-state index is -0.439. The highest BCUT2D eigenvalue weighted by Crippen LogP contribution is 2.15. The van der Waals surface area contributed by atoms with Crippen molar-refractivity contribution in [3.8, 4) is 0 Å². The molecular formula is C14H18N2O2. The summed E-state index contributed by atoms with van der Waals surface area (Å²) in [7, 11) is 0. The fourth-order valence-corrected chi connectivity index (χ4v) is 2.22. The van der Waals surface area contributed by atoms with Crippen LogP contribution >= 0.6 is 0 Å². The van der Waals surface area contributed by atoms with Crippen LogP contribution in [-0.4, -0.2) is 28.8 Å². The molecule has 4 heteroatoms. The van der Waals surface area contributed by atoms with Gasteiger partial charge in [-0.1, -0.05) is 30.3 Å². The molecule has 2 unspecified atom stereocenters. The van der Waals surface area contributed by atoms with E-state index in [2.05, 4.69) is 5.32 Å². The normalized spacial score (nSPS) is 24.7. The number of benzene rings is 1. The van der Waals surface area contributed by atoms with E-state index >= 15 is 0 Å². The summed E-state index contributed by atoms with van der Waals surface area (Å²) in [5.41, 5.74) is 1.08. The van der Waals surface area contributed by atoms with Gasteiger partial charge >= 0.3 is 0 Å². The van der Waals surface area contributed by atoms with Crippen molar-refractivity contribution in [2.75, 3.05) is 0 Å². The van der Waals surface area contributed by atoms with Crippen LogP contribution < -0.4 is 5.32 Å². The molecule has 1 aliphatic rings. The van der Waals surface area contributed by atoms with Crippen molar-refractivity contribution in [2.24, 2.45) is 0 Å². The molecule has 1 heterocycles. The molecule has 1 aromatic rings. The van der Waals surface area contributed by atoms with Crippen LogP contribution in [0.3, 0.4) is 0 Å². The standard InChI is InChI=1S/C14H18N2O2/c1-10-8-13(17)15-11(2)14(18)16(10)9-12-6-4-3-5-7-12/h3-7,10-11H,8-9H2,1-2H3,(H,15,17). The maximum absolute atomic E-state index is 12.2. The number of hydrogen-bond acceptors (Lipinski definition) is 2. The lowest BCUT2D eigenvalue weighted by Gasteiger charge is -2.27. The van der Waals surface area contributed by atoms with E-state index in [4.69, 9.17) is 0 Å². The quantitative estimate of drug-likeness (QED) is 0.855. The molecule has 96 valence electrons. The first kappa shape index (κ1) is 12.6. The molecule has 1 aliphatic heterocycles. The number of nitrogens with zero attached hydrogens (tertiary/aromatic N) is 1. The smallest absolute Gasteiger partial charge is 0.245 e. The Balaban J connectivity index is 2.18. The van der Waals surface area contributed by atoms with Crippen LogP contribution in [0, 0.1) is 0 Å². The zero-order chi connectivity index (χ0) is 13.1. The van der Waals surface area contributed by atoms with Gasteiger partial charge in [0, 0.05) is 19.0 Å². The second-order valence-electron chi connectivity index (χ2n) is 4.79. The molecule has 0 bridgehead atoms. The molecule has 0 radical (unpaired) electrons. The molecule has 2 atom stereocenters. The fourth-order valence-electron chi connectivity index (χ4n) is 2.22. The monoisotopic (exact) mass is 246 g/mol.